The van der Waals surface area contributed by atoms with E-state index in [1.54, 1.807) is 42.9 Å². The minimum atomic E-state index is -0.368. The first-order chi connectivity index (χ1) is 12.9. The fraction of sp³-hybridized carbons (Fsp3) is 0.158. The summed E-state index contributed by atoms with van der Waals surface area (Å²) in [6.45, 7) is 3.56. The summed E-state index contributed by atoms with van der Waals surface area (Å²) in [6.07, 6.45) is 3.00. The Kier molecular flexibility index (Phi) is 3.95. The molecular weight excluding hydrogens is 347 g/mol. The SMILES string of the molecule is Cc1cc(-c2ccn3nc(Nc4cc(C)c(=O)n(C)n4)cc3c2)c(F)cn1. The maximum atomic E-state index is 14.1. The molecule has 0 atom stereocenters. The molecule has 0 aliphatic heterocycles. The van der Waals surface area contributed by atoms with Crippen molar-refractivity contribution < 1.29 is 4.39 Å². The van der Waals surface area contributed by atoms with Gasteiger partial charge in [0.25, 0.3) is 5.56 Å². The van der Waals surface area contributed by atoms with Crippen molar-refractivity contribution in [3.8, 4) is 11.1 Å². The van der Waals surface area contributed by atoms with Crippen LogP contribution >= 0.6 is 0 Å². The van der Waals surface area contributed by atoms with E-state index in [0.29, 0.717) is 22.8 Å². The highest BCUT2D eigenvalue weighted by molar-refractivity contribution is 5.71. The molecule has 0 saturated heterocycles. The van der Waals surface area contributed by atoms with Gasteiger partial charge in [0.15, 0.2) is 11.6 Å². The van der Waals surface area contributed by atoms with Crippen LogP contribution in [-0.4, -0.2) is 24.4 Å². The van der Waals surface area contributed by atoms with Gasteiger partial charge in [-0.3, -0.25) is 9.78 Å². The number of hydrogen-bond donors (Lipinski definition) is 1. The Balaban J connectivity index is 1.71. The number of aromatic nitrogens is 5. The molecule has 27 heavy (non-hydrogen) atoms. The van der Waals surface area contributed by atoms with Crippen molar-refractivity contribution in [2.75, 3.05) is 5.32 Å². The smallest absolute Gasteiger partial charge is 0.269 e. The molecule has 0 aliphatic rings. The molecule has 0 aromatic carbocycles. The molecule has 4 heterocycles. The number of halogens is 1. The van der Waals surface area contributed by atoms with E-state index < -0.39 is 0 Å². The molecule has 0 aliphatic carbocycles. The number of nitrogens with zero attached hydrogens (tertiary/aromatic N) is 5. The topological polar surface area (TPSA) is 77.1 Å². The number of pyridine rings is 2. The van der Waals surface area contributed by atoms with Crippen molar-refractivity contribution in [3.63, 3.8) is 0 Å². The van der Waals surface area contributed by atoms with Crippen LogP contribution in [0.15, 0.2) is 47.5 Å². The van der Waals surface area contributed by atoms with E-state index >= 15 is 0 Å². The first-order valence-electron chi connectivity index (χ1n) is 8.34. The second-order valence-electron chi connectivity index (χ2n) is 6.39. The molecule has 0 unspecified atom stereocenters. The number of hydrogen-bond acceptors (Lipinski definition) is 5. The maximum Gasteiger partial charge on any atom is 0.269 e. The number of anilines is 2. The quantitative estimate of drug-likeness (QED) is 0.605. The maximum absolute atomic E-state index is 14.1. The monoisotopic (exact) mass is 364 g/mol. The predicted octanol–water partition coefficient (Wildman–Crippen LogP) is 2.99. The zero-order valence-corrected chi connectivity index (χ0v) is 15.1. The van der Waals surface area contributed by atoms with Gasteiger partial charge in [-0.1, -0.05) is 0 Å². The summed E-state index contributed by atoms with van der Waals surface area (Å²) in [5.41, 5.74) is 3.23. The Hall–Kier alpha value is -3.55. The molecule has 0 amide bonds. The van der Waals surface area contributed by atoms with Crippen LogP contribution in [-0.2, 0) is 7.05 Å². The molecule has 4 aromatic heterocycles. The normalized spacial score (nSPS) is 11.1. The lowest BCUT2D eigenvalue weighted by molar-refractivity contribution is 0.624. The number of rotatable bonds is 3. The third-order valence-corrected chi connectivity index (χ3v) is 4.26. The summed E-state index contributed by atoms with van der Waals surface area (Å²) in [5, 5.41) is 11.7. The lowest BCUT2D eigenvalue weighted by atomic mass is 10.1. The Morgan fingerprint density at radius 2 is 1.85 bits per heavy atom. The van der Waals surface area contributed by atoms with E-state index in [0.717, 1.165) is 16.8 Å². The Morgan fingerprint density at radius 3 is 2.63 bits per heavy atom. The largest absolute Gasteiger partial charge is 0.322 e. The molecule has 136 valence electrons. The van der Waals surface area contributed by atoms with Gasteiger partial charge in [-0.25, -0.2) is 13.6 Å². The highest BCUT2D eigenvalue weighted by Gasteiger charge is 2.10. The molecule has 0 saturated carbocycles. The molecule has 7 nitrogen and oxygen atoms in total. The Morgan fingerprint density at radius 1 is 1.07 bits per heavy atom. The lowest BCUT2D eigenvalue weighted by Crippen LogP contribution is -2.22. The van der Waals surface area contributed by atoms with Crippen molar-refractivity contribution in [2.45, 2.75) is 13.8 Å². The van der Waals surface area contributed by atoms with Gasteiger partial charge in [0.1, 0.15) is 5.82 Å². The van der Waals surface area contributed by atoms with Crippen LogP contribution in [0.4, 0.5) is 16.0 Å². The minimum Gasteiger partial charge on any atom is -0.322 e. The van der Waals surface area contributed by atoms with Gasteiger partial charge >= 0.3 is 0 Å². The van der Waals surface area contributed by atoms with Crippen LogP contribution in [0.25, 0.3) is 16.6 Å². The van der Waals surface area contributed by atoms with Crippen LogP contribution in [0.2, 0.25) is 0 Å². The molecule has 1 N–H and O–H groups in total. The van der Waals surface area contributed by atoms with Crippen LogP contribution in [0.5, 0.6) is 0 Å². The van der Waals surface area contributed by atoms with Gasteiger partial charge in [-0.15, -0.1) is 0 Å². The van der Waals surface area contributed by atoms with Crippen molar-refractivity contribution >= 4 is 17.2 Å². The predicted molar refractivity (Wildman–Crippen MR) is 101 cm³/mol. The van der Waals surface area contributed by atoms with E-state index in [2.05, 4.69) is 20.5 Å². The summed E-state index contributed by atoms with van der Waals surface area (Å²) in [7, 11) is 1.60. The molecule has 0 spiro atoms. The minimum absolute atomic E-state index is 0.144. The van der Waals surface area contributed by atoms with Crippen molar-refractivity contribution in [3.05, 3.63) is 70.2 Å². The van der Waals surface area contributed by atoms with Crippen LogP contribution in [0, 0.1) is 19.7 Å². The van der Waals surface area contributed by atoms with Gasteiger partial charge in [0, 0.05) is 36.1 Å². The first kappa shape index (κ1) is 16.9. The van der Waals surface area contributed by atoms with E-state index in [-0.39, 0.29) is 11.4 Å². The van der Waals surface area contributed by atoms with E-state index in [4.69, 9.17) is 0 Å². The third-order valence-electron chi connectivity index (χ3n) is 4.26. The highest BCUT2D eigenvalue weighted by atomic mass is 19.1. The molecule has 4 rings (SSSR count). The molecular formula is C19H17FN6O. The van der Waals surface area contributed by atoms with Crippen LogP contribution in [0.1, 0.15) is 11.3 Å². The number of aryl methyl sites for hydroxylation is 3. The van der Waals surface area contributed by atoms with Gasteiger partial charge in [-0.2, -0.15) is 10.2 Å². The van der Waals surface area contributed by atoms with Gasteiger partial charge < -0.3 is 5.32 Å². The fourth-order valence-electron chi connectivity index (χ4n) is 2.94. The Bertz CT molecular complexity index is 1200. The van der Waals surface area contributed by atoms with Gasteiger partial charge in [0.2, 0.25) is 0 Å². The van der Waals surface area contributed by atoms with Crippen molar-refractivity contribution in [1.82, 2.24) is 24.4 Å². The van der Waals surface area contributed by atoms with E-state index in [1.165, 1.54) is 10.9 Å². The third kappa shape index (κ3) is 3.17. The van der Waals surface area contributed by atoms with E-state index in [9.17, 15) is 9.18 Å². The highest BCUT2D eigenvalue weighted by Crippen LogP contribution is 2.25. The fourth-order valence-corrected chi connectivity index (χ4v) is 2.94. The van der Waals surface area contributed by atoms with Gasteiger partial charge in [0.05, 0.1) is 11.7 Å². The summed E-state index contributed by atoms with van der Waals surface area (Å²) in [4.78, 5) is 15.7. The number of nitrogens with one attached hydrogen (secondary N) is 1. The summed E-state index contributed by atoms with van der Waals surface area (Å²) in [5.74, 6) is 0.728. The number of fused-ring (bicyclic) bond motifs is 1. The summed E-state index contributed by atoms with van der Waals surface area (Å²) < 4.78 is 17.1. The zero-order valence-electron chi connectivity index (χ0n) is 15.1. The van der Waals surface area contributed by atoms with Crippen molar-refractivity contribution in [1.29, 1.82) is 0 Å². The molecule has 8 heteroatoms. The van der Waals surface area contributed by atoms with E-state index in [1.807, 2.05) is 19.1 Å². The average Bonchev–Trinajstić information content (AvgIpc) is 3.03. The summed E-state index contributed by atoms with van der Waals surface area (Å²) >= 11 is 0. The molecule has 0 bridgehead atoms. The zero-order chi connectivity index (χ0) is 19.1. The Labute approximate surface area is 154 Å². The first-order valence-corrected chi connectivity index (χ1v) is 8.34. The molecule has 0 fully saturated rings. The van der Waals surface area contributed by atoms with Crippen LogP contribution < -0.4 is 10.9 Å². The van der Waals surface area contributed by atoms with Gasteiger partial charge in [-0.05, 0) is 43.7 Å². The van der Waals surface area contributed by atoms with Crippen molar-refractivity contribution in [2.24, 2.45) is 7.05 Å². The molecule has 0 radical (unpaired) electrons. The second-order valence-corrected chi connectivity index (χ2v) is 6.39. The lowest BCUT2D eigenvalue weighted by Gasteiger charge is -2.05. The molecule has 4 aromatic rings. The standard InChI is InChI=1S/C19H17FN6O/c1-11-6-17(23-25(3)19(11)27)22-18-9-14-8-13(4-5-26(14)24-18)15-7-12(2)21-10-16(15)20/h4-10H,1-3H3,(H,22,23,24). The summed E-state index contributed by atoms with van der Waals surface area (Å²) in [6, 6.07) is 8.88. The second kappa shape index (κ2) is 6.31. The average molecular weight is 364 g/mol. The van der Waals surface area contributed by atoms with Crippen LogP contribution in [0.3, 0.4) is 0 Å².